The summed E-state index contributed by atoms with van der Waals surface area (Å²) in [6, 6.07) is 1.95. The Morgan fingerprint density at radius 3 is 2.66 bits per heavy atom. The zero-order valence-corrected chi connectivity index (χ0v) is 17.0. The number of rotatable bonds is 8. The van der Waals surface area contributed by atoms with E-state index in [9.17, 15) is 0 Å². The molecule has 7 heteroatoms. The molecule has 1 atom stereocenters. The van der Waals surface area contributed by atoms with Crippen molar-refractivity contribution in [2.45, 2.75) is 44.6 Å². The second-order valence-electron chi connectivity index (χ2n) is 7.72. The van der Waals surface area contributed by atoms with Gasteiger partial charge >= 0.3 is 0 Å². The first kappa shape index (κ1) is 19.4. The number of nitrogens with zero attached hydrogens (tertiary/aromatic N) is 2. The lowest BCUT2D eigenvalue weighted by Crippen LogP contribution is -2.18. The van der Waals surface area contributed by atoms with E-state index >= 15 is 0 Å². The van der Waals surface area contributed by atoms with Crippen LogP contribution < -0.4 is 25.7 Å². The van der Waals surface area contributed by atoms with Crippen LogP contribution in [0.4, 0.5) is 11.8 Å². The van der Waals surface area contributed by atoms with Crippen LogP contribution in [-0.4, -0.2) is 30.3 Å². The molecule has 1 aromatic carbocycles. The van der Waals surface area contributed by atoms with Gasteiger partial charge in [-0.3, -0.25) is 0 Å². The van der Waals surface area contributed by atoms with Crippen molar-refractivity contribution in [3.8, 4) is 17.2 Å². The Morgan fingerprint density at radius 1 is 1.14 bits per heavy atom. The fourth-order valence-electron chi connectivity index (χ4n) is 3.81. The molecule has 7 nitrogen and oxygen atoms in total. The molecule has 2 heterocycles. The van der Waals surface area contributed by atoms with Crippen molar-refractivity contribution < 1.29 is 14.2 Å². The smallest absolute Gasteiger partial charge is 0.221 e. The minimum Gasteiger partial charge on any atom is -0.493 e. The molecule has 154 valence electrons. The fraction of sp³-hybridized carbons (Fsp3) is 0.455. The van der Waals surface area contributed by atoms with Gasteiger partial charge in [0.25, 0.3) is 0 Å². The highest BCUT2D eigenvalue weighted by atomic mass is 16.5. The number of anilines is 2. The molecule has 2 aliphatic rings. The number of hydrogen-bond acceptors (Lipinski definition) is 7. The Bertz CT molecular complexity index is 925. The standard InChI is InChI=1S/C22H28N4O3/c1-27-18-11-14(10-15-12-25-22(24)26-21(15)23)17-9-8-16(5-3-4-13-6-7-13)29-19(17)20(18)28-2/h8-9,11-13,16H,3-7,10H2,1-2H3,(H4,23,24,25,26). The molecule has 1 fully saturated rings. The summed E-state index contributed by atoms with van der Waals surface area (Å²) >= 11 is 0. The van der Waals surface area contributed by atoms with E-state index in [-0.39, 0.29) is 12.1 Å². The second-order valence-corrected chi connectivity index (χ2v) is 7.72. The molecule has 1 aliphatic heterocycles. The molecule has 2 aromatic rings. The number of aromatic nitrogens is 2. The van der Waals surface area contributed by atoms with E-state index in [1.54, 1.807) is 20.4 Å². The molecule has 0 spiro atoms. The van der Waals surface area contributed by atoms with E-state index in [1.165, 1.54) is 25.7 Å². The Morgan fingerprint density at radius 2 is 1.97 bits per heavy atom. The molecule has 4 N–H and O–H groups in total. The summed E-state index contributed by atoms with van der Waals surface area (Å²) in [5, 5.41) is 0. The first-order valence-electron chi connectivity index (χ1n) is 10.1. The Labute approximate surface area is 171 Å². The van der Waals surface area contributed by atoms with Crippen LogP contribution in [-0.2, 0) is 6.42 Å². The molecule has 1 aliphatic carbocycles. The zero-order chi connectivity index (χ0) is 20.4. The SMILES string of the molecule is COc1cc(Cc2cnc(N)nc2N)c2c(c1OC)OC(CCCC1CC1)C=C2. The van der Waals surface area contributed by atoms with Crippen molar-refractivity contribution in [2.75, 3.05) is 25.7 Å². The quantitative estimate of drug-likeness (QED) is 0.702. The number of nitrogens with two attached hydrogens (primary N) is 2. The molecule has 1 saturated carbocycles. The van der Waals surface area contributed by atoms with Crippen LogP contribution in [0.5, 0.6) is 17.2 Å². The highest BCUT2D eigenvalue weighted by Gasteiger charge is 2.26. The number of ether oxygens (including phenoxy) is 3. The van der Waals surface area contributed by atoms with E-state index in [2.05, 4.69) is 22.1 Å². The van der Waals surface area contributed by atoms with Crippen molar-refractivity contribution in [2.24, 2.45) is 5.92 Å². The molecular formula is C22H28N4O3. The van der Waals surface area contributed by atoms with Crippen molar-refractivity contribution >= 4 is 17.8 Å². The number of benzene rings is 1. The summed E-state index contributed by atoms with van der Waals surface area (Å²) in [6.45, 7) is 0. The van der Waals surface area contributed by atoms with Crippen LogP contribution in [0.2, 0.25) is 0 Å². The maximum atomic E-state index is 6.35. The fourth-order valence-corrected chi connectivity index (χ4v) is 3.81. The van der Waals surface area contributed by atoms with Gasteiger partial charge < -0.3 is 25.7 Å². The van der Waals surface area contributed by atoms with Gasteiger partial charge in [0.1, 0.15) is 11.9 Å². The van der Waals surface area contributed by atoms with Crippen LogP contribution in [0.3, 0.4) is 0 Å². The highest BCUT2D eigenvalue weighted by Crippen LogP contribution is 2.46. The van der Waals surface area contributed by atoms with Gasteiger partial charge in [0.15, 0.2) is 11.5 Å². The maximum absolute atomic E-state index is 6.35. The summed E-state index contributed by atoms with van der Waals surface area (Å²) in [6.07, 6.45) is 12.7. The average Bonchev–Trinajstić information content (AvgIpc) is 3.54. The lowest BCUT2D eigenvalue weighted by molar-refractivity contribution is 0.215. The molecule has 0 bridgehead atoms. The lowest BCUT2D eigenvalue weighted by Gasteiger charge is -2.26. The minimum atomic E-state index is 0.0417. The number of hydrogen-bond donors (Lipinski definition) is 2. The molecule has 0 amide bonds. The topological polar surface area (TPSA) is 106 Å². The molecule has 0 radical (unpaired) electrons. The number of nitrogen functional groups attached to an aromatic ring is 2. The molecule has 1 aromatic heterocycles. The minimum absolute atomic E-state index is 0.0417. The van der Waals surface area contributed by atoms with Gasteiger partial charge in [-0.1, -0.05) is 25.3 Å². The van der Waals surface area contributed by atoms with Crippen LogP contribution in [0.15, 0.2) is 18.3 Å². The van der Waals surface area contributed by atoms with Crippen LogP contribution in [0.1, 0.15) is 48.8 Å². The maximum Gasteiger partial charge on any atom is 0.221 e. The van der Waals surface area contributed by atoms with Gasteiger partial charge in [0, 0.05) is 23.7 Å². The monoisotopic (exact) mass is 396 g/mol. The van der Waals surface area contributed by atoms with Gasteiger partial charge in [0.05, 0.1) is 14.2 Å². The summed E-state index contributed by atoms with van der Waals surface area (Å²) in [7, 11) is 3.26. The van der Waals surface area contributed by atoms with Gasteiger partial charge in [-0.25, -0.2) is 4.98 Å². The molecule has 29 heavy (non-hydrogen) atoms. The van der Waals surface area contributed by atoms with E-state index in [1.807, 2.05) is 6.07 Å². The molecule has 0 saturated heterocycles. The highest BCUT2D eigenvalue weighted by molar-refractivity contribution is 5.72. The van der Waals surface area contributed by atoms with Gasteiger partial charge in [-0.2, -0.15) is 4.98 Å². The average molecular weight is 396 g/mol. The summed E-state index contributed by atoms with van der Waals surface area (Å²) in [4.78, 5) is 8.13. The third-order valence-corrected chi connectivity index (χ3v) is 5.59. The summed E-state index contributed by atoms with van der Waals surface area (Å²) in [5.74, 6) is 3.43. The zero-order valence-electron chi connectivity index (χ0n) is 17.0. The van der Waals surface area contributed by atoms with Crippen molar-refractivity contribution in [3.63, 3.8) is 0 Å². The van der Waals surface area contributed by atoms with Crippen molar-refractivity contribution in [1.29, 1.82) is 0 Å². The van der Waals surface area contributed by atoms with Crippen LogP contribution in [0.25, 0.3) is 6.08 Å². The first-order valence-corrected chi connectivity index (χ1v) is 10.1. The second kappa shape index (κ2) is 8.19. The third kappa shape index (κ3) is 4.23. The molecular weight excluding hydrogens is 368 g/mol. The number of fused-ring (bicyclic) bond motifs is 1. The normalized spacial score (nSPS) is 17.5. The largest absolute Gasteiger partial charge is 0.493 e. The molecule has 1 unspecified atom stereocenters. The Kier molecular flexibility index (Phi) is 5.47. The van der Waals surface area contributed by atoms with Gasteiger partial charge in [-0.15, -0.1) is 0 Å². The lowest BCUT2D eigenvalue weighted by atomic mass is 9.95. The van der Waals surface area contributed by atoms with Gasteiger partial charge in [-0.05, 0) is 36.5 Å². The molecule has 4 rings (SSSR count). The van der Waals surface area contributed by atoms with Crippen molar-refractivity contribution in [3.05, 3.63) is 35.0 Å². The van der Waals surface area contributed by atoms with E-state index in [0.717, 1.165) is 34.8 Å². The van der Waals surface area contributed by atoms with Crippen LogP contribution in [0, 0.1) is 5.92 Å². The third-order valence-electron chi connectivity index (χ3n) is 5.59. The van der Waals surface area contributed by atoms with Crippen molar-refractivity contribution in [1.82, 2.24) is 9.97 Å². The van der Waals surface area contributed by atoms with E-state index in [0.29, 0.717) is 23.7 Å². The van der Waals surface area contributed by atoms with Gasteiger partial charge in [0.2, 0.25) is 11.7 Å². The van der Waals surface area contributed by atoms with Crippen LogP contribution >= 0.6 is 0 Å². The van der Waals surface area contributed by atoms with E-state index in [4.69, 9.17) is 25.7 Å². The Hall–Kier alpha value is -2.96. The summed E-state index contributed by atoms with van der Waals surface area (Å²) < 4.78 is 17.6. The predicted octanol–water partition coefficient (Wildman–Crippen LogP) is 3.60. The summed E-state index contributed by atoms with van der Waals surface area (Å²) in [5.41, 5.74) is 14.4. The number of methoxy groups -OCH3 is 2. The first-order chi connectivity index (χ1) is 14.1. The predicted molar refractivity (Wildman–Crippen MR) is 113 cm³/mol. The van der Waals surface area contributed by atoms with E-state index < -0.39 is 0 Å². The Balaban J connectivity index is 1.63.